The Balaban J connectivity index is 0.000000391. The highest BCUT2D eigenvalue weighted by molar-refractivity contribution is 5.45. The Kier molecular flexibility index (Phi) is 12.4. The number of carbonyl (C=O) groups excluding carboxylic acids is 1. The van der Waals surface area contributed by atoms with Crippen molar-refractivity contribution < 1.29 is 39.9 Å². The lowest BCUT2D eigenvalue weighted by molar-refractivity contribution is -0.140. The molecule has 0 heterocycles. The summed E-state index contributed by atoms with van der Waals surface area (Å²) in [4.78, 5) is 9.24. The van der Waals surface area contributed by atoms with Crippen LogP contribution in [0.1, 0.15) is 33.9 Å². The summed E-state index contributed by atoms with van der Waals surface area (Å²) in [6.07, 6.45) is -9.12. The van der Waals surface area contributed by atoms with Gasteiger partial charge in [0.15, 0.2) is 0 Å². The molecule has 1 amide bonds. The third-order valence-electron chi connectivity index (χ3n) is 4.63. The van der Waals surface area contributed by atoms with Crippen LogP contribution in [0.2, 0.25) is 0 Å². The van der Waals surface area contributed by atoms with Gasteiger partial charge in [0.1, 0.15) is 18.2 Å². The van der Waals surface area contributed by atoms with Gasteiger partial charge in [0.2, 0.25) is 6.41 Å². The van der Waals surface area contributed by atoms with E-state index in [0.717, 1.165) is 12.1 Å². The molecular formula is C26H23F8N3O. The molecule has 204 valence electrons. The van der Waals surface area contributed by atoms with E-state index in [4.69, 9.17) is 5.26 Å². The zero-order valence-corrected chi connectivity index (χ0v) is 20.1. The van der Waals surface area contributed by atoms with E-state index >= 15 is 0 Å². The minimum absolute atomic E-state index is 0.00743. The quantitative estimate of drug-likeness (QED) is 0.286. The van der Waals surface area contributed by atoms with Gasteiger partial charge in [-0.05, 0) is 55.4 Å². The Hall–Kier alpha value is -3.98. The smallest absolute Gasteiger partial charge is 0.350 e. The highest BCUT2D eigenvalue weighted by Crippen LogP contribution is 2.34. The molecule has 0 aliphatic heterocycles. The zero-order valence-electron chi connectivity index (χ0n) is 20.1. The van der Waals surface area contributed by atoms with Gasteiger partial charge >= 0.3 is 12.4 Å². The Morgan fingerprint density at radius 3 is 1.97 bits per heavy atom. The first-order valence-corrected chi connectivity index (χ1v) is 10.7. The van der Waals surface area contributed by atoms with Crippen molar-refractivity contribution in [2.75, 3.05) is 13.6 Å². The largest absolute Gasteiger partial charge is 0.419 e. The first kappa shape index (κ1) is 32.0. The number of alkyl halides is 6. The van der Waals surface area contributed by atoms with Gasteiger partial charge in [0, 0.05) is 0 Å². The standard InChI is InChI=1S/C16H11F5N2.C7H8.C3H4F3NO/c1-23-15(11-4-9(8-22)5-12(17)6-11)10-2-3-14(18)13(7-10)16(19,20)21;1-7-5-3-2-4-6-7;4-3(5,6)1-7-2-8/h2-7,15,23H,1H3;2-6H,1H3;2H,1H2,(H,7,8). The Bertz CT molecular complexity index is 1210. The van der Waals surface area contributed by atoms with Crippen molar-refractivity contribution in [1.29, 1.82) is 5.26 Å². The molecule has 38 heavy (non-hydrogen) atoms. The molecule has 2 N–H and O–H groups in total. The Labute approximate surface area is 213 Å². The summed E-state index contributed by atoms with van der Waals surface area (Å²) >= 11 is 0. The van der Waals surface area contributed by atoms with E-state index in [1.54, 1.807) is 6.07 Å². The van der Waals surface area contributed by atoms with Crippen LogP contribution in [0.5, 0.6) is 0 Å². The van der Waals surface area contributed by atoms with Crippen molar-refractivity contribution >= 4 is 6.41 Å². The number of aryl methyl sites for hydroxylation is 1. The predicted molar refractivity (Wildman–Crippen MR) is 125 cm³/mol. The molecule has 0 bridgehead atoms. The van der Waals surface area contributed by atoms with Gasteiger partial charge < -0.3 is 10.6 Å². The molecule has 1 atom stereocenters. The lowest BCUT2D eigenvalue weighted by atomic mass is 9.95. The van der Waals surface area contributed by atoms with Crippen LogP contribution in [0.3, 0.4) is 0 Å². The van der Waals surface area contributed by atoms with Crippen LogP contribution in [0, 0.1) is 29.9 Å². The monoisotopic (exact) mass is 545 g/mol. The maximum absolute atomic E-state index is 13.5. The average molecular weight is 545 g/mol. The highest BCUT2D eigenvalue weighted by Gasteiger charge is 2.34. The summed E-state index contributed by atoms with van der Waals surface area (Å²) in [6.45, 7) is 0.830. The van der Waals surface area contributed by atoms with E-state index in [1.807, 2.05) is 18.2 Å². The fourth-order valence-electron chi connectivity index (χ4n) is 3.00. The van der Waals surface area contributed by atoms with Crippen molar-refractivity contribution in [1.82, 2.24) is 10.6 Å². The number of benzene rings is 3. The fraction of sp³-hybridized carbons (Fsp3) is 0.231. The molecule has 0 aromatic heterocycles. The van der Waals surface area contributed by atoms with Crippen LogP contribution < -0.4 is 10.6 Å². The molecule has 3 aromatic carbocycles. The van der Waals surface area contributed by atoms with Gasteiger partial charge in [-0.3, -0.25) is 4.79 Å². The van der Waals surface area contributed by atoms with Gasteiger partial charge in [-0.25, -0.2) is 8.78 Å². The zero-order chi connectivity index (χ0) is 28.9. The summed E-state index contributed by atoms with van der Waals surface area (Å²) in [7, 11) is 1.47. The van der Waals surface area contributed by atoms with Gasteiger partial charge in [0.25, 0.3) is 0 Å². The lowest BCUT2D eigenvalue weighted by Gasteiger charge is -2.19. The first-order valence-electron chi connectivity index (χ1n) is 10.7. The summed E-state index contributed by atoms with van der Waals surface area (Å²) < 4.78 is 98.4. The number of amides is 1. The number of nitriles is 1. The molecule has 0 saturated carbocycles. The molecule has 0 radical (unpaired) electrons. The lowest BCUT2D eigenvalue weighted by Crippen LogP contribution is -2.27. The van der Waals surface area contributed by atoms with Gasteiger partial charge in [0.05, 0.1) is 23.2 Å². The maximum Gasteiger partial charge on any atom is 0.419 e. The van der Waals surface area contributed by atoms with E-state index in [0.29, 0.717) is 12.1 Å². The van der Waals surface area contributed by atoms with Crippen molar-refractivity contribution in [3.63, 3.8) is 0 Å². The van der Waals surface area contributed by atoms with Crippen molar-refractivity contribution in [3.05, 3.63) is 106 Å². The molecule has 3 aromatic rings. The summed E-state index contributed by atoms with van der Waals surface area (Å²) in [5, 5.41) is 13.1. The van der Waals surface area contributed by atoms with Crippen LogP contribution >= 0.6 is 0 Å². The third-order valence-corrected chi connectivity index (χ3v) is 4.63. The number of hydrogen-bond acceptors (Lipinski definition) is 3. The molecule has 3 rings (SSSR count). The average Bonchev–Trinajstić information content (AvgIpc) is 2.84. The van der Waals surface area contributed by atoms with E-state index < -0.39 is 42.1 Å². The van der Waals surface area contributed by atoms with E-state index in [-0.39, 0.29) is 23.1 Å². The number of hydrogen-bond donors (Lipinski definition) is 2. The van der Waals surface area contributed by atoms with Gasteiger partial charge in [-0.2, -0.15) is 31.6 Å². The van der Waals surface area contributed by atoms with E-state index in [1.165, 1.54) is 30.1 Å². The molecule has 0 saturated heterocycles. The Morgan fingerprint density at radius 2 is 1.55 bits per heavy atom. The van der Waals surface area contributed by atoms with Crippen LogP contribution in [0.15, 0.2) is 66.7 Å². The van der Waals surface area contributed by atoms with Gasteiger partial charge in [-0.15, -0.1) is 0 Å². The maximum atomic E-state index is 13.5. The van der Waals surface area contributed by atoms with Crippen LogP contribution in [-0.4, -0.2) is 26.2 Å². The summed E-state index contributed by atoms with van der Waals surface area (Å²) in [6, 6.07) is 17.3. The molecule has 0 fully saturated rings. The topological polar surface area (TPSA) is 64.9 Å². The second-order valence-electron chi connectivity index (χ2n) is 7.61. The molecule has 0 aliphatic carbocycles. The van der Waals surface area contributed by atoms with Crippen LogP contribution in [0.4, 0.5) is 35.1 Å². The normalized spacial score (nSPS) is 11.6. The molecule has 0 aliphatic rings. The molecule has 4 nitrogen and oxygen atoms in total. The Morgan fingerprint density at radius 1 is 0.921 bits per heavy atom. The van der Waals surface area contributed by atoms with Gasteiger partial charge in [-0.1, -0.05) is 42.0 Å². The third kappa shape index (κ3) is 11.4. The number of nitrogens with one attached hydrogen (secondary N) is 2. The second-order valence-corrected chi connectivity index (χ2v) is 7.61. The van der Waals surface area contributed by atoms with E-state index in [2.05, 4.69) is 24.4 Å². The molecule has 12 heteroatoms. The SMILES string of the molecule is CNC(c1cc(F)cc(C#N)c1)c1ccc(F)c(C(F)(F)F)c1.Cc1ccccc1.O=CNCC(F)(F)F. The number of carbonyl (C=O) groups is 1. The number of nitrogens with zero attached hydrogens (tertiary/aromatic N) is 1. The van der Waals surface area contributed by atoms with Crippen LogP contribution in [-0.2, 0) is 11.0 Å². The van der Waals surface area contributed by atoms with Crippen molar-refractivity contribution in [2.24, 2.45) is 0 Å². The van der Waals surface area contributed by atoms with Crippen molar-refractivity contribution in [3.8, 4) is 6.07 Å². The minimum Gasteiger partial charge on any atom is -0.350 e. The molecular weight excluding hydrogens is 522 g/mol. The van der Waals surface area contributed by atoms with E-state index in [9.17, 15) is 39.9 Å². The highest BCUT2D eigenvalue weighted by atomic mass is 19.4. The molecule has 1 unspecified atom stereocenters. The number of rotatable bonds is 5. The van der Waals surface area contributed by atoms with Crippen LogP contribution in [0.25, 0.3) is 0 Å². The summed E-state index contributed by atoms with van der Waals surface area (Å²) in [5.41, 5.74) is 0.340. The van der Waals surface area contributed by atoms with Crippen molar-refractivity contribution in [2.45, 2.75) is 25.3 Å². The fourth-order valence-corrected chi connectivity index (χ4v) is 3.00. The predicted octanol–water partition coefficient (Wildman–Crippen LogP) is 6.45. The minimum atomic E-state index is -4.84. The first-order chi connectivity index (χ1) is 17.7. The number of halogens is 8. The molecule has 0 spiro atoms. The second kappa shape index (κ2) is 14.7. The summed E-state index contributed by atoms with van der Waals surface area (Å²) in [5.74, 6) is -2.06.